The fraction of sp³-hybridized carbons (Fsp3) is 0.500. The van der Waals surface area contributed by atoms with Crippen molar-refractivity contribution in [2.45, 2.75) is 44.8 Å². The van der Waals surface area contributed by atoms with Crippen LogP contribution in [0.2, 0.25) is 0 Å². The highest BCUT2D eigenvalue weighted by atomic mass is 16.5. The Kier molecular flexibility index (Phi) is 6.85. The number of methoxy groups -OCH3 is 1. The number of rotatable bonds is 7. The zero-order valence-corrected chi connectivity index (χ0v) is 15.9. The number of nitrogens with one attached hydrogen (secondary N) is 1. The monoisotopic (exact) mass is 377 g/mol. The SMILES string of the molecule is COc1cc(/C=C/C(=O)N[C@H](CC(=O)O)[C@@H]2CCOC(C)(C)C2)ccc1O. The lowest BCUT2D eigenvalue weighted by atomic mass is 9.82. The van der Waals surface area contributed by atoms with E-state index in [0.29, 0.717) is 30.8 Å². The van der Waals surface area contributed by atoms with Crippen LogP contribution in [0, 0.1) is 5.92 Å². The summed E-state index contributed by atoms with van der Waals surface area (Å²) in [4.78, 5) is 23.6. The minimum absolute atomic E-state index is 0.0164. The normalized spacial score (nSPS) is 20.2. The van der Waals surface area contributed by atoms with Crippen LogP contribution in [-0.4, -0.2) is 47.4 Å². The molecule has 1 aromatic rings. The van der Waals surface area contributed by atoms with E-state index < -0.39 is 12.0 Å². The average molecular weight is 377 g/mol. The standard InChI is InChI=1S/C20H27NO6/c1-20(2)12-14(8-9-27-20)15(11-19(24)25)21-18(23)7-5-13-4-6-16(22)17(10-13)26-3/h4-7,10,14-15,22H,8-9,11-12H2,1-3H3,(H,21,23)(H,24,25)/b7-5+/t14-,15-/m1/s1. The van der Waals surface area contributed by atoms with Gasteiger partial charge in [-0.3, -0.25) is 9.59 Å². The van der Waals surface area contributed by atoms with Crippen molar-refractivity contribution in [3.8, 4) is 11.5 Å². The van der Waals surface area contributed by atoms with Crippen molar-refractivity contribution in [1.82, 2.24) is 5.32 Å². The lowest BCUT2D eigenvalue weighted by molar-refractivity contribution is -0.139. The third-order valence-electron chi connectivity index (χ3n) is 4.66. The maximum absolute atomic E-state index is 12.3. The summed E-state index contributed by atoms with van der Waals surface area (Å²) in [6.07, 6.45) is 4.20. The first-order valence-corrected chi connectivity index (χ1v) is 8.91. The van der Waals surface area contributed by atoms with Crippen LogP contribution in [0.1, 0.15) is 38.7 Å². The molecule has 7 nitrogen and oxygen atoms in total. The van der Waals surface area contributed by atoms with Crippen molar-refractivity contribution in [3.05, 3.63) is 29.8 Å². The zero-order chi connectivity index (χ0) is 20.0. The van der Waals surface area contributed by atoms with Gasteiger partial charge in [-0.1, -0.05) is 6.07 Å². The highest BCUT2D eigenvalue weighted by Crippen LogP contribution is 2.32. The van der Waals surface area contributed by atoms with Crippen molar-refractivity contribution >= 4 is 18.0 Å². The Morgan fingerprint density at radius 2 is 2.19 bits per heavy atom. The van der Waals surface area contributed by atoms with Gasteiger partial charge < -0.3 is 25.0 Å². The number of carboxylic acids is 1. The Hall–Kier alpha value is -2.54. The summed E-state index contributed by atoms with van der Waals surface area (Å²) in [6.45, 7) is 4.49. The van der Waals surface area contributed by atoms with Crippen LogP contribution < -0.4 is 10.1 Å². The lowest BCUT2D eigenvalue weighted by Gasteiger charge is -2.39. The Balaban J connectivity index is 2.05. The number of amides is 1. The molecule has 2 rings (SSSR count). The minimum atomic E-state index is -0.947. The Bertz CT molecular complexity index is 712. The van der Waals surface area contributed by atoms with Crippen molar-refractivity contribution < 1.29 is 29.3 Å². The van der Waals surface area contributed by atoms with Gasteiger partial charge in [-0.2, -0.15) is 0 Å². The molecule has 0 aromatic heterocycles. The van der Waals surface area contributed by atoms with Gasteiger partial charge in [-0.05, 0) is 56.4 Å². The van der Waals surface area contributed by atoms with Crippen LogP contribution in [0.3, 0.4) is 0 Å². The average Bonchev–Trinajstić information content (AvgIpc) is 2.59. The van der Waals surface area contributed by atoms with Crippen molar-refractivity contribution in [2.24, 2.45) is 5.92 Å². The van der Waals surface area contributed by atoms with E-state index in [-0.39, 0.29) is 29.6 Å². The number of phenols is 1. The van der Waals surface area contributed by atoms with E-state index in [1.54, 1.807) is 18.2 Å². The van der Waals surface area contributed by atoms with Gasteiger partial charge in [0, 0.05) is 18.7 Å². The maximum Gasteiger partial charge on any atom is 0.305 e. The minimum Gasteiger partial charge on any atom is -0.504 e. The molecule has 3 N–H and O–H groups in total. The predicted molar refractivity (Wildman–Crippen MR) is 101 cm³/mol. The summed E-state index contributed by atoms with van der Waals surface area (Å²) in [5, 5.41) is 21.6. The molecule has 27 heavy (non-hydrogen) atoms. The molecule has 0 unspecified atom stereocenters. The number of carboxylic acid groups (broad SMARTS) is 1. The fourth-order valence-corrected chi connectivity index (χ4v) is 3.35. The van der Waals surface area contributed by atoms with E-state index in [1.165, 1.54) is 19.3 Å². The number of hydrogen-bond donors (Lipinski definition) is 3. The van der Waals surface area contributed by atoms with Gasteiger partial charge >= 0.3 is 5.97 Å². The summed E-state index contributed by atoms with van der Waals surface area (Å²) in [5.41, 5.74) is 0.352. The van der Waals surface area contributed by atoms with Gasteiger partial charge in [0.2, 0.25) is 5.91 Å². The third kappa shape index (κ3) is 6.29. The first kappa shape index (κ1) is 20.8. The summed E-state index contributed by atoms with van der Waals surface area (Å²) >= 11 is 0. The molecule has 1 aliphatic heterocycles. The molecule has 148 valence electrons. The predicted octanol–water partition coefficient (Wildman–Crippen LogP) is 2.58. The molecule has 1 saturated heterocycles. The number of ether oxygens (including phenoxy) is 2. The molecular weight excluding hydrogens is 350 g/mol. The molecule has 0 bridgehead atoms. The molecule has 0 radical (unpaired) electrons. The molecule has 1 amide bonds. The summed E-state index contributed by atoms with van der Waals surface area (Å²) in [5.74, 6) is -0.945. The topological polar surface area (TPSA) is 105 Å². The summed E-state index contributed by atoms with van der Waals surface area (Å²) in [6, 6.07) is 4.28. The van der Waals surface area contributed by atoms with Gasteiger partial charge in [0.15, 0.2) is 11.5 Å². The second-order valence-electron chi connectivity index (χ2n) is 7.34. The van der Waals surface area contributed by atoms with Crippen LogP contribution in [0.4, 0.5) is 0 Å². The van der Waals surface area contributed by atoms with Gasteiger partial charge in [-0.25, -0.2) is 0 Å². The number of aromatic hydroxyl groups is 1. The molecule has 1 aliphatic rings. The third-order valence-corrected chi connectivity index (χ3v) is 4.66. The van der Waals surface area contributed by atoms with Gasteiger partial charge in [-0.15, -0.1) is 0 Å². The largest absolute Gasteiger partial charge is 0.504 e. The first-order valence-electron chi connectivity index (χ1n) is 8.91. The van der Waals surface area contributed by atoms with Gasteiger partial charge in [0.25, 0.3) is 0 Å². The van der Waals surface area contributed by atoms with Crippen LogP contribution in [0.5, 0.6) is 11.5 Å². The smallest absolute Gasteiger partial charge is 0.305 e. The van der Waals surface area contributed by atoms with Gasteiger partial charge in [0.1, 0.15) is 0 Å². The molecule has 1 fully saturated rings. The van der Waals surface area contributed by atoms with E-state index >= 15 is 0 Å². The number of carbonyl (C=O) groups is 2. The van der Waals surface area contributed by atoms with Crippen LogP contribution in [-0.2, 0) is 14.3 Å². The molecular formula is C20H27NO6. The number of hydrogen-bond acceptors (Lipinski definition) is 5. The fourth-order valence-electron chi connectivity index (χ4n) is 3.35. The summed E-state index contributed by atoms with van der Waals surface area (Å²) < 4.78 is 10.7. The molecule has 0 spiro atoms. The van der Waals surface area contributed by atoms with Crippen LogP contribution in [0.25, 0.3) is 6.08 Å². The van der Waals surface area contributed by atoms with Crippen LogP contribution in [0.15, 0.2) is 24.3 Å². The van der Waals surface area contributed by atoms with E-state index in [4.69, 9.17) is 9.47 Å². The van der Waals surface area contributed by atoms with E-state index in [9.17, 15) is 19.8 Å². The Labute approximate surface area is 159 Å². The van der Waals surface area contributed by atoms with Crippen molar-refractivity contribution in [1.29, 1.82) is 0 Å². The number of carbonyl (C=O) groups excluding carboxylic acids is 1. The highest BCUT2D eigenvalue weighted by molar-refractivity contribution is 5.92. The van der Waals surface area contributed by atoms with E-state index in [1.807, 2.05) is 13.8 Å². The molecule has 1 heterocycles. The number of phenolic OH excluding ortho intramolecular Hbond substituents is 1. The number of aliphatic carboxylic acids is 1. The number of benzene rings is 1. The zero-order valence-electron chi connectivity index (χ0n) is 15.9. The van der Waals surface area contributed by atoms with Crippen molar-refractivity contribution in [2.75, 3.05) is 13.7 Å². The Morgan fingerprint density at radius 3 is 2.81 bits per heavy atom. The molecule has 0 aliphatic carbocycles. The molecule has 7 heteroatoms. The lowest BCUT2D eigenvalue weighted by Crippen LogP contribution is -2.46. The molecule has 0 saturated carbocycles. The van der Waals surface area contributed by atoms with Gasteiger partial charge in [0.05, 0.1) is 19.1 Å². The van der Waals surface area contributed by atoms with Crippen LogP contribution >= 0.6 is 0 Å². The molecule has 1 aromatic carbocycles. The second kappa shape index (κ2) is 8.90. The Morgan fingerprint density at radius 1 is 1.44 bits per heavy atom. The quantitative estimate of drug-likeness (QED) is 0.631. The van der Waals surface area contributed by atoms with Crippen molar-refractivity contribution in [3.63, 3.8) is 0 Å². The maximum atomic E-state index is 12.3. The highest BCUT2D eigenvalue weighted by Gasteiger charge is 2.34. The van der Waals surface area contributed by atoms with E-state index in [2.05, 4.69) is 5.32 Å². The molecule has 2 atom stereocenters. The summed E-state index contributed by atoms with van der Waals surface area (Å²) in [7, 11) is 1.45. The van der Waals surface area contributed by atoms with E-state index in [0.717, 1.165) is 0 Å². The first-order chi connectivity index (χ1) is 12.7. The second-order valence-corrected chi connectivity index (χ2v) is 7.34.